The van der Waals surface area contributed by atoms with Crippen LogP contribution in [0.3, 0.4) is 0 Å². The van der Waals surface area contributed by atoms with Gasteiger partial charge in [0.05, 0.1) is 5.02 Å². The molecular formula is C18H22ClNO. The van der Waals surface area contributed by atoms with Crippen molar-refractivity contribution < 1.29 is 4.74 Å². The second-order valence-corrected chi connectivity index (χ2v) is 5.87. The Hall–Kier alpha value is -1.51. The van der Waals surface area contributed by atoms with Crippen molar-refractivity contribution in [2.24, 2.45) is 5.73 Å². The topological polar surface area (TPSA) is 35.2 Å². The molecule has 2 aromatic carbocycles. The van der Waals surface area contributed by atoms with E-state index in [1.54, 1.807) is 0 Å². The lowest BCUT2D eigenvalue weighted by atomic mass is 9.99. The molecule has 0 saturated carbocycles. The summed E-state index contributed by atoms with van der Waals surface area (Å²) in [4.78, 5) is 0. The van der Waals surface area contributed by atoms with Crippen LogP contribution in [0, 0.1) is 0 Å². The van der Waals surface area contributed by atoms with Crippen molar-refractivity contribution in [1.82, 2.24) is 0 Å². The molecule has 0 aliphatic heterocycles. The third kappa shape index (κ3) is 3.99. The normalized spacial score (nSPS) is 13.8. The monoisotopic (exact) mass is 303 g/mol. The van der Waals surface area contributed by atoms with Crippen LogP contribution in [0.15, 0.2) is 42.5 Å². The Bertz CT molecular complexity index is 593. The SMILES string of the molecule is CCC(C)c1ccc(Oc2ccc([C@H](C)N)cc2Cl)cc1. The molecule has 2 aromatic rings. The quantitative estimate of drug-likeness (QED) is 0.773. The third-order valence-corrected chi connectivity index (χ3v) is 4.07. The second kappa shape index (κ2) is 6.97. The molecule has 0 fully saturated rings. The van der Waals surface area contributed by atoms with E-state index in [1.165, 1.54) is 5.56 Å². The van der Waals surface area contributed by atoms with Crippen LogP contribution in [0.2, 0.25) is 5.02 Å². The first-order chi connectivity index (χ1) is 10.0. The molecule has 0 heterocycles. The van der Waals surface area contributed by atoms with E-state index in [0.717, 1.165) is 17.7 Å². The van der Waals surface area contributed by atoms with Crippen LogP contribution < -0.4 is 10.5 Å². The number of ether oxygens (including phenoxy) is 1. The molecule has 0 amide bonds. The van der Waals surface area contributed by atoms with Gasteiger partial charge in [-0.2, -0.15) is 0 Å². The summed E-state index contributed by atoms with van der Waals surface area (Å²) < 4.78 is 5.84. The Labute approximate surface area is 131 Å². The molecule has 0 spiro atoms. The van der Waals surface area contributed by atoms with Crippen molar-refractivity contribution in [3.8, 4) is 11.5 Å². The van der Waals surface area contributed by atoms with E-state index >= 15 is 0 Å². The molecule has 0 saturated heterocycles. The highest BCUT2D eigenvalue weighted by Crippen LogP contribution is 2.32. The minimum absolute atomic E-state index is 0.0358. The van der Waals surface area contributed by atoms with Gasteiger partial charge in [-0.25, -0.2) is 0 Å². The number of hydrogen-bond donors (Lipinski definition) is 1. The van der Waals surface area contributed by atoms with E-state index in [1.807, 2.05) is 37.3 Å². The molecule has 0 aromatic heterocycles. The summed E-state index contributed by atoms with van der Waals surface area (Å²) in [6.07, 6.45) is 1.13. The molecule has 2 nitrogen and oxygen atoms in total. The van der Waals surface area contributed by atoms with Crippen molar-refractivity contribution >= 4 is 11.6 Å². The first kappa shape index (κ1) is 15.9. The van der Waals surface area contributed by atoms with Crippen molar-refractivity contribution in [2.75, 3.05) is 0 Å². The summed E-state index contributed by atoms with van der Waals surface area (Å²) in [7, 11) is 0. The van der Waals surface area contributed by atoms with Crippen LogP contribution in [-0.4, -0.2) is 0 Å². The molecule has 112 valence electrons. The van der Waals surface area contributed by atoms with Gasteiger partial charge in [0, 0.05) is 6.04 Å². The maximum atomic E-state index is 6.25. The highest BCUT2D eigenvalue weighted by molar-refractivity contribution is 6.32. The average Bonchev–Trinajstić information content (AvgIpc) is 2.49. The zero-order valence-corrected chi connectivity index (χ0v) is 13.5. The van der Waals surface area contributed by atoms with Gasteiger partial charge in [0.1, 0.15) is 11.5 Å². The molecule has 0 aliphatic rings. The standard InChI is InChI=1S/C18H22ClNO/c1-4-12(2)14-5-8-16(9-6-14)21-18-10-7-15(13(3)20)11-17(18)19/h5-13H,4,20H2,1-3H3/t12?,13-/m0/s1. The number of rotatable bonds is 5. The van der Waals surface area contributed by atoms with Crippen LogP contribution >= 0.6 is 11.6 Å². The average molecular weight is 304 g/mol. The first-order valence-corrected chi connectivity index (χ1v) is 7.72. The molecule has 0 radical (unpaired) electrons. The van der Waals surface area contributed by atoms with Gasteiger partial charge in [-0.15, -0.1) is 0 Å². The summed E-state index contributed by atoms with van der Waals surface area (Å²) in [6, 6.07) is 13.8. The molecular weight excluding hydrogens is 282 g/mol. The highest BCUT2D eigenvalue weighted by Gasteiger charge is 2.08. The molecule has 2 atom stereocenters. The Kier molecular flexibility index (Phi) is 5.27. The first-order valence-electron chi connectivity index (χ1n) is 7.34. The summed E-state index contributed by atoms with van der Waals surface area (Å²) in [6.45, 7) is 6.34. The maximum absolute atomic E-state index is 6.25. The minimum Gasteiger partial charge on any atom is -0.456 e. The zero-order valence-electron chi connectivity index (χ0n) is 12.8. The van der Waals surface area contributed by atoms with E-state index in [-0.39, 0.29) is 6.04 Å². The molecule has 21 heavy (non-hydrogen) atoms. The van der Waals surface area contributed by atoms with Crippen LogP contribution in [0.4, 0.5) is 0 Å². The Morgan fingerprint density at radius 2 is 1.67 bits per heavy atom. The lowest BCUT2D eigenvalue weighted by Crippen LogP contribution is -2.04. The number of nitrogens with two attached hydrogens (primary N) is 1. The molecule has 1 unspecified atom stereocenters. The van der Waals surface area contributed by atoms with Crippen molar-refractivity contribution in [3.05, 3.63) is 58.6 Å². The zero-order chi connectivity index (χ0) is 15.4. The number of halogens is 1. The van der Waals surface area contributed by atoms with Crippen LogP contribution in [0.5, 0.6) is 11.5 Å². The van der Waals surface area contributed by atoms with E-state index in [0.29, 0.717) is 16.7 Å². The van der Waals surface area contributed by atoms with E-state index < -0.39 is 0 Å². The lowest BCUT2D eigenvalue weighted by Gasteiger charge is -2.12. The van der Waals surface area contributed by atoms with Gasteiger partial charge in [-0.3, -0.25) is 0 Å². The third-order valence-electron chi connectivity index (χ3n) is 3.77. The Balaban J connectivity index is 2.15. The minimum atomic E-state index is -0.0358. The van der Waals surface area contributed by atoms with Gasteiger partial charge in [0.2, 0.25) is 0 Å². The fourth-order valence-corrected chi connectivity index (χ4v) is 2.34. The van der Waals surface area contributed by atoms with Crippen molar-refractivity contribution in [1.29, 1.82) is 0 Å². The van der Waals surface area contributed by atoms with Crippen LogP contribution in [0.1, 0.15) is 50.3 Å². The largest absolute Gasteiger partial charge is 0.456 e. The van der Waals surface area contributed by atoms with Crippen LogP contribution in [0.25, 0.3) is 0 Å². The van der Waals surface area contributed by atoms with Gasteiger partial charge in [-0.05, 0) is 54.7 Å². The Morgan fingerprint density at radius 3 is 2.19 bits per heavy atom. The van der Waals surface area contributed by atoms with Crippen molar-refractivity contribution in [3.63, 3.8) is 0 Å². The molecule has 0 bridgehead atoms. The fraction of sp³-hybridized carbons (Fsp3) is 0.333. The molecule has 0 aliphatic carbocycles. The van der Waals surface area contributed by atoms with Crippen molar-refractivity contribution in [2.45, 2.75) is 39.2 Å². The van der Waals surface area contributed by atoms with Gasteiger partial charge < -0.3 is 10.5 Å². The van der Waals surface area contributed by atoms with E-state index in [9.17, 15) is 0 Å². The maximum Gasteiger partial charge on any atom is 0.146 e. The smallest absolute Gasteiger partial charge is 0.146 e. The summed E-state index contributed by atoms with van der Waals surface area (Å²) in [5, 5.41) is 0.579. The number of benzene rings is 2. The van der Waals surface area contributed by atoms with E-state index in [4.69, 9.17) is 22.1 Å². The molecule has 3 heteroatoms. The van der Waals surface area contributed by atoms with Gasteiger partial charge in [-0.1, -0.05) is 43.6 Å². The van der Waals surface area contributed by atoms with Gasteiger partial charge in [0.25, 0.3) is 0 Å². The fourth-order valence-electron chi connectivity index (χ4n) is 2.11. The Morgan fingerprint density at radius 1 is 1.05 bits per heavy atom. The van der Waals surface area contributed by atoms with Gasteiger partial charge in [0.15, 0.2) is 0 Å². The predicted octanol–water partition coefficient (Wildman–Crippen LogP) is 5.67. The molecule has 2 rings (SSSR count). The van der Waals surface area contributed by atoms with Gasteiger partial charge >= 0.3 is 0 Å². The summed E-state index contributed by atoms with van der Waals surface area (Å²) in [5.74, 6) is 2.00. The number of hydrogen-bond acceptors (Lipinski definition) is 2. The summed E-state index contributed by atoms with van der Waals surface area (Å²) >= 11 is 6.25. The highest BCUT2D eigenvalue weighted by atomic mass is 35.5. The predicted molar refractivity (Wildman–Crippen MR) is 89.3 cm³/mol. The second-order valence-electron chi connectivity index (χ2n) is 5.46. The molecule has 2 N–H and O–H groups in total. The summed E-state index contributed by atoms with van der Waals surface area (Å²) in [5.41, 5.74) is 8.17. The van der Waals surface area contributed by atoms with Crippen LogP contribution in [-0.2, 0) is 0 Å². The lowest BCUT2D eigenvalue weighted by molar-refractivity contribution is 0.482. The van der Waals surface area contributed by atoms with E-state index in [2.05, 4.69) is 26.0 Å².